The monoisotopic (exact) mass is 287 g/mol. The van der Waals surface area contributed by atoms with Gasteiger partial charge in [-0.25, -0.2) is 4.98 Å². The Labute approximate surface area is 127 Å². The van der Waals surface area contributed by atoms with Gasteiger partial charge in [0.25, 0.3) is 0 Å². The second-order valence-corrected chi connectivity index (χ2v) is 5.44. The van der Waals surface area contributed by atoms with Crippen molar-refractivity contribution in [2.24, 2.45) is 0 Å². The Hall–Kier alpha value is -1.81. The molecule has 0 spiro atoms. The van der Waals surface area contributed by atoms with E-state index in [-0.39, 0.29) is 12.1 Å². The topological polar surface area (TPSA) is 39.1 Å². The van der Waals surface area contributed by atoms with Crippen molar-refractivity contribution in [3.8, 4) is 5.75 Å². The summed E-state index contributed by atoms with van der Waals surface area (Å²) in [4.78, 5) is 4.53. The van der Waals surface area contributed by atoms with Crippen molar-refractivity contribution in [1.29, 1.82) is 0 Å². The summed E-state index contributed by atoms with van der Waals surface area (Å²) >= 11 is 0. The van der Waals surface area contributed by atoms with Gasteiger partial charge in [-0.15, -0.1) is 0 Å². The number of imidazole rings is 1. The zero-order valence-corrected chi connectivity index (χ0v) is 13.3. The summed E-state index contributed by atoms with van der Waals surface area (Å²) in [6.07, 6.45) is 5.17. The molecule has 0 aliphatic carbocycles. The van der Waals surface area contributed by atoms with Crippen molar-refractivity contribution in [1.82, 2.24) is 14.9 Å². The van der Waals surface area contributed by atoms with E-state index in [4.69, 9.17) is 4.74 Å². The number of ether oxygens (including phenoxy) is 1. The lowest BCUT2D eigenvalue weighted by atomic mass is 10.1. The molecule has 1 atom stereocenters. The smallest absolute Gasteiger partial charge is 0.130 e. The van der Waals surface area contributed by atoms with Crippen molar-refractivity contribution in [3.63, 3.8) is 0 Å². The Balaban J connectivity index is 2.30. The first-order valence-corrected chi connectivity index (χ1v) is 7.60. The minimum absolute atomic E-state index is 0.0715. The van der Waals surface area contributed by atoms with Gasteiger partial charge in [-0.1, -0.05) is 19.1 Å². The Morgan fingerprint density at radius 2 is 2.14 bits per heavy atom. The van der Waals surface area contributed by atoms with Crippen molar-refractivity contribution < 1.29 is 4.74 Å². The second kappa shape index (κ2) is 7.27. The average molecular weight is 287 g/mol. The molecule has 0 aliphatic rings. The van der Waals surface area contributed by atoms with Crippen LogP contribution in [0.4, 0.5) is 0 Å². The Bertz CT molecular complexity index is 563. The van der Waals surface area contributed by atoms with E-state index in [1.807, 2.05) is 45.4 Å². The average Bonchev–Trinajstić information content (AvgIpc) is 2.88. The van der Waals surface area contributed by atoms with Crippen LogP contribution >= 0.6 is 0 Å². The lowest BCUT2D eigenvalue weighted by Gasteiger charge is -2.19. The van der Waals surface area contributed by atoms with Gasteiger partial charge in [-0.2, -0.15) is 0 Å². The zero-order valence-electron chi connectivity index (χ0n) is 13.3. The quantitative estimate of drug-likeness (QED) is 0.848. The highest BCUT2D eigenvalue weighted by molar-refractivity contribution is 5.33. The second-order valence-electron chi connectivity index (χ2n) is 5.44. The molecule has 114 valence electrons. The minimum Gasteiger partial charge on any atom is -0.491 e. The van der Waals surface area contributed by atoms with Crippen LogP contribution in [0.15, 0.2) is 36.7 Å². The lowest BCUT2D eigenvalue weighted by molar-refractivity contribution is 0.242. The van der Waals surface area contributed by atoms with Crippen LogP contribution in [-0.2, 0) is 6.54 Å². The number of aryl methyl sites for hydroxylation is 1. The molecule has 0 saturated heterocycles. The highest BCUT2D eigenvalue weighted by Crippen LogP contribution is 2.24. The number of aromatic nitrogens is 2. The highest BCUT2D eigenvalue weighted by Gasteiger charge is 2.17. The fraction of sp³-hybridized carbons (Fsp3) is 0.471. The van der Waals surface area contributed by atoms with Crippen LogP contribution in [-0.4, -0.2) is 22.7 Å². The Morgan fingerprint density at radius 1 is 1.33 bits per heavy atom. The molecule has 4 heteroatoms. The number of hydrogen-bond donors (Lipinski definition) is 1. The fourth-order valence-corrected chi connectivity index (χ4v) is 2.50. The van der Waals surface area contributed by atoms with Gasteiger partial charge in [-0.05, 0) is 45.0 Å². The molecule has 0 radical (unpaired) electrons. The number of hydrogen-bond acceptors (Lipinski definition) is 3. The molecular weight excluding hydrogens is 262 g/mol. The van der Waals surface area contributed by atoms with Gasteiger partial charge >= 0.3 is 0 Å². The van der Waals surface area contributed by atoms with E-state index in [2.05, 4.69) is 33.9 Å². The normalized spacial score (nSPS) is 12.6. The first kappa shape index (κ1) is 15.6. The van der Waals surface area contributed by atoms with Crippen LogP contribution in [0, 0.1) is 0 Å². The van der Waals surface area contributed by atoms with E-state index in [0.29, 0.717) is 0 Å². The molecule has 21 heavy (non-hydrogen) atoms. The number of rotatable bonds is 7. The Kier molecular flexibility index (Phi) is 5.39. The van der Waals surface area contributed by atoms with Gasteiger partial charge in [0.15, 0.2) is 0 Å². The first-order chi connectivity index (χ1) is 10.2. The van der Waals surface area contributed by atoms with E-state index in [1.165, 1.54) is 5.56 Å². The van der Waals surface area contributed by atoms with Crippen molar-refractivity contribution in [3.05, 3.63) is 48.0 Å². The van der Waals surface area contributed by atoms with E-state index in [0.717, 1.165) is 24.5 Å². The molecule has 0 saturated carbocycles. The number of benzene rings is 1. The van der Waals surface area contributed by atoms with E-state index in [1.54, 1.807) is 0 Å². The van der Waals surface area contributed by atoms with Crippen molar-refractivity contribution in [2.45, 2.75) is 45.9 Å². The third kappa shape index (κ3) is 3.85. The molecule has 1 unspecified atom stereocenters. The van der Waals surface area contributed by atoms with E-state index >= 15 is 0 Å². The molecule has 1 aromatic heterocycles. The summed E-state index contributed by atoms with van der Waals surface area (Å²) in [6.45, 7) is 7.23. The molecule has 0 bridgehead atoms. The SMILES string of the molecule is CCCn1ccnc1C(NC)c1cccc(OC(C)C)c1. The third-order valence-corrected chi connectivity index (χ3v) is 3.32. The van der Waals surface area contributed by atoms with E-state index < -0.39 is 0 Å². The van der Waals surface area contributed by atoms with Gasteiger partial charge in [0, 0.05) is 18.9 Å². The first-order valence-electron chi connectivity index (χ1n) is 7.60. The van der Waals surface area contributed by atoms with Crippen LogP contribution in [0.25, 0.3) is 0 Å². The largest absolute Gasteiger partial charge is 0.491 e. The molecule has 1 aromatic carbocycles. The molecular formula is C17H25N3O. The third-order valence-electron chi connectivity index (χ3n) is 3.32. The summed E-state index contributed by atoms with van der Waals surface area (Å²) in [7, 11) is 1.96. The molecule has 2 rings (SSSR count). The molecule has 0 aliphatic heterocycles. The van der Waals surface area contributed by atoms with Crippen LogP contribution in [0.3, 0.4) is 0 Å². The maximum Gasteiger partial charge on any atom is 0.130 e. The summed E-state index contributed by atoms with van der Waals surface area (Å²) in [5.74, 6) is 1.94. The van der Waals surface area contributed by atoms with Gasteiger partial charge in [0.1, 0.15) is 11.6 Å². The summed E-state index contributed by atoms with van der Waals surface area (Å²) in [6, 6.07) is 8.30. The molecule has 1 N–H and O–H groups in total. The molecule has 1 heterocycles. The number of nitrogens with zero attached hydrogens (tertiary/aromatic N) is 2. The Morgan fingerprint density at radius 3 is 2.81 bits per heavy atom. The summed E-state index contributed by atoms with van der Waals surface area (Å²) < 4.78 is 8.00. The van der Waals surface area contributed by atoms with Gasteiger partial charge in [0.05, 0.1) is 12.1 Å². The summed E-state index contributed by atoms with van der Waals surface area (Å²) in [5, 5.41) is 3.36. The van der Waals surface area contributed by atoms with Crippen LogP contribution in [0.5, 0.6) is 5.75 Å². The lowest BCUT2D eigenvalue weighted by Crippen LogP contribution is -2.22. The number of nitrogens with one attached hydrogen (secondary N) is 1. The molecule has 4 nitrogen and oxygen atoms in total. The van der Waals surface area contributed by atoms with Crippen LogP contribution in [0.2, 0.25) is 0 Å². The standard InChI is InChI=1S/C17H25N3O/c1-5-10-20-11-9-19-17(20)16(18-4)14-7-6-8-15(12-14)21-13(2)3/h6-9,11-13,16,18H,5,10H2,1-4H3. The zero-order chi connectivity index (χ0) is 15.2. The van der Waals surface area contributed by atoms with Crippen molar-refractivity contribution in [2.75, 3.05) is 7.05 Å². The predicted octanol–water partition coefficient (Wildman–Crippen LogP) is 3.39. The minimum atomic E-state index is 0.0715. The van der Waals surface area contributed by atoms with Crippen molar-refractivity contribution >= 4 is 0 Å². The maximum atomic E-state index is 5.79. The van der Waals surface area contributed by atoms with Gasteiger partial charge in [0.2, 0.25) is 0 Å². The fourth-order valence-electron chi connectivity index (χ4n) is 2.50. The van der Waals surface area contributed by atoms with Crippen LogP contribution in [0.1, 0.15) is 44.6 Å². The van der Waals surface area contributed by atoms with Crippen LogP contribution < -0.4 is 10.1 Å². The maximum absolute atomic E-state index is 5.79. The highest BCUT2D eigenvalue weighted by atomic mass is 16.5. The predicted molar refractivity (Wildman–Crippen MR) is 85.6 cm³/mol. The van der Waals surface area contributed by atoms with Gasteiger partial charge < -0.3 is 14.6 Å². The van der Waals surface area contributed by atoms with E-state index in [9.17, 15) is 0 Å². The molecule has 0 fully saturated rings. The summed E-state index contributed by atoms with van der Waals surface area (Å²) in [5.41, 5.74) is 1.17. The molecule has 2 aromatic rings. The van der Waals surface area contributed by atoms with Gasteiger partial charge in [-0.3, -0.25) is 0 Å². The molecule has 0 amide bonds.